The predicted molar refractivity (Wildman–Crippen MR) is 73.3 cm³/mol. The Morgan fingerprint density at radius 2 is 2.06 bits per heavy atom. The minimum atomic E-state index is 0.0893. The van der Waals surface area contributed by atoms with Crippen molar-refractivity contribution in [3.05, 3.63) is 24.3 Å². The average molecular weight is 249 g/mol. The molecule has 0 bridgehead atoms. The molecule has 1 aliphatic heterocycles. The van der Waals surface area contributed by atoms with Gasteiger partial charge in [0.25, 0.3) is 0 Å². The second-order valence-corrected chi connectivity index (χ2v) is 4.99. The van der Waals surface area contributed by atoms with Crippen LogP contribution in [-0.2, 0) is 0 Å². The minimum Gasteiger partial charge on any atom is -0.486 e. The van der Waals surface area contributed by atoms with Crippen LogP contribution in [0.15, 0.2) is 24.3 Å². The van der Waals surface area contributed by atoms with Gasteiger partial charge in [-0.15, -0.1) is 0 Å². The summed E-state index contributed by atoms with van der Waals surface area (Å²) in [5.41, 5.74) is 0. The van der Waals surface area contributed by atoms with Gasteiger partial charge >= 0.3 is 0 Å². The zero-order valence-electron chi connectivity index (χ0n) is 11.5. The molecule has 3 atom stereocenters. The van der Waals surface area contributed by atoms with Crippen molar-refractivity contribution in [3.63, 3.8) is 0 Å². The second kappa shape index (κ2) is 6.10. The van der Waals surface area contributed by atoms with E-state index in [4.69, 9.17) is 9.47 Å². The van der Waals surface area contributed by atoms with Crippen molar-refractivity contribution >= 4 is 0 Å². The lowest BCUT2D eigenvalue weighted by atomic mass is 9.92. The quantitative estimate of drug-likeness (QED) is 0.870. The van der Waals surface area contributed by atoms with E-state index in [1.165, 1.54) is 12.8 Å². The highest BCUT2D eigenvalue weighted by Crippen LogP contribution is 2.32. The first-order valence-corrected chi connectivity index (χ1v) is 6.82. The Balaban J connectivity index is 2.06. The van der Waals surface area contributed by atoms with Gasteiger partial charge in [-0.2, -0.15) is 0 Å². The lowest BCUT2D eigenvalue weighted by Gasteiger charge is -2.35. The Morgan fingerprint density at radius 1 is 1.33 bits per heavy atom. The fourth-order valence-electron chi connectivity index (χ4n) is 2.68. The highest BCUT2D eigenvalue weighted by atomic mass is 16.6. The second-order valence-electron chi connectivity index (χ2n) is 4.99. The Hall–Kier alpha value is -1.22. The number of para-hydroxylation sites is 2. The maximum atomic E-state index is 6.06. The van der Waals surface area contributed by atoms with Crippen LogP contribution in [0.3, 0.4) is 0 Å². The summed E-state index contributed by atoms with van der Waals surface area (Å²) < 4.78 is 11.8. The van der Waals surface area contributed by atoms with Crippen LogP contribution in [0.4, 0.5) is 0 Å². The summed E-state index contributed by atoms with van der Waals surface area (Å²) in [6, 6.07) is 8.21. The van der Waals surface area contributed by atoms with Crippen LogP contribution in [0.5, 0.6) is 11.5 Å². The third kappa shape index (κ3) is 2.78. The van der Waals surface area contributed by atoms with Gasteiger partial charge < -0.3 is 14.8 Å². The number of rotatable bonds is 5. The molecular formula is C15H23NO2. The number of fused-ring (bicyclic) bond motifs is 1. The van der Waals surface area contributed by atoms with Crippen LogP contribution in [0.1, 0.15) is 26.7 Å². The summed E-state index contributed by atoms with van der Waals surface area (Å²) in [7, 11) is 2.00. The molecule has 0 radical (unpaired) electrons. The first kappa shape index (κ1) is 13.2. The van der Waals surface area contributed by atoms with E-state index in [-0.39, 0.29) is 6.10 Å². The highest BCUT2D eigenvalue weighted by Gasteiger charge is 2.31. The fourth-order valence-corrected chi connectivity index (χ4v) is 2.68. The molecule has 0 aromatic heterocycles. The van der Waals surface area contributed by atoms with Crippen LogP contribution < -0.4 is 14.8 Å². The molecule has 0 saturated carbocycles. The van der Waals surface area contributed by atoms with Crippen LogP contribution in [0.25, 0.3) is 0 Å². The smallest absolute Gasteiger partial charge is 0.161 e. The maximum Gasteiger partial charge on any atom is 0.161 e. The van der Waals surface area contributed by atoms with Crippen molar-refractivity contribution in [1.82, 2.24) is 5.32 Å². The van der Waals surface area contributed by atoms with E-state index in [9.17, 15) is 0 Å². The Labute approximate surface area is 109 Å². The van der Waals surface area contributed by atoms with Gasteiger partial charge in [-0.05, 0) is 31.5 Å². The van der Waals surface area contributed by atoms with Crippen molar-refractivity contribution in [1.29, 1.82) is 0 Å². The third-order valence-corrected chi connectivity index (χ3v) is 3.62. The van der Waals surface area contributed by atoms with E-state index in [1.807, 2.05) is 31.3 Å². The zero-order chi connectivity index (χ0) is 13.0. The van der Waals surface area contributed by atoms with Crippen LogP contribution in [0.2, 0.25) is 0 Å². The summed E-state index contributed by atoms with van der Waals surface area (Å²) in [6.07, 6.45) is 2.49. The van der Waals surface area contributed by atoms with Gasteiger partial charge in [0.2, 0.25) is 0 Å². The van der Waals surface area contributed by atoms with Crippen LogP contribution in [0, 0.1) is 5.92 Å². The summed E-state index contributed by atoms with van der Waals surface area (Å²) in [5.74, 6) is 2.29. The van der Waals surface area contributed by atoms with E-state index in [0.717, 1.165) is 11.5 Å². The first-order valence-electron chi connectivity index (χ1n) is 6.82. The Morgan fingerprint density at radius 3 is 2.72 bits per heavy atom. The van der Waals surface area contributed by atoms with E-state index < -0.39 is 0 Å². The van der Waals surface area contributed by atoms with Gasteiger partial charge in [-0.1, -0.05) is 32.4 Å². The fraction of sp³-hybridized carbons (Fsp3) is 0.600. The molecule has 1 heterocycles. The van der Waals surface area contributed by atoms with Crippen LogP contribution >= 0.6 is 0 Å². The normalized spacial score (nSPS) is 21.4. The topological polar surface area (TPSA) is 30.5 Å². The molecule has 1 aromatic carbocycles. The molecule has 1 aromatic rings. The molecule has 3 unspecified atom stereocenters. The zero-order valence-corrected chi connectivity index (χ0v) is 11.5. The number of likely N-dealkylation sites (N-methyl/N-ethyl adjacent to an activating group) is 1. The number of hydrogen-bond donors (Lipinski definition) is 1. The molecule has 0 saturated heterocycles. The SMILES string of the molecule is CCCC(C)C(NC)C1COc2ccccc2O1. The van der Waals surface area contributed by atoms with E-state index in [0.29, 0.717) is 18.6 Å². The summed E-state index contributed by atoms with van der Waals surface area (Å²) in [4.78, 5) is 0. The van der Waals surface area contributed by atoms with Gasteiger partial charge in [0.1, 0.15) is 12.7 Å². The van der Waals surface area contributed by atoms with Crippen molar-refractivity contribution in [2.45, 2.75) is 38.8 Å². The number of ether oxygens (including phenoxy) is 2. The Bertz CT molecular complexity index is 381. The highest BCUT2D eigenvalue weighted by molar-refractivity contribution is 5.40. The standard InChI is InChI=1S/C15H23NO2/c1-4-7-11(2)15(16-3)14-10-17-12-8-5-6-9-13(12)18-14/h5-6,8-9,11,14-16H,4,7,10H2,1-3H3. The molecule has 2 rings (SSSR count). The van der Waals surface area contributed by atoms with Gasteiger partial charge in [0.05, 0.1) is 0 Å². The summed E-state index contributed by atoms with van der Waals surface area (Å²) >= 11 is 0. The van der Waals surface area contributed by atoms with Crippen LogP contribution in [-0.4, -0.2) is 25.8 Å². The third-order valence-electron chi connectivity index (χ3n) is 3.62. The lowest BCUT2D eigenvalue weighted by Crippen LogP contribution is -2.50. The van der Waals surface area contributed by atoms with Gasteiger partial charge in [-0.25, -0.2) is 0 Å². The molecule has 100 valence electrons. The van der Waals surface area contributed by atoms with Crippen molar-refractivity contribution in [2.24, 2.45) is 5.92 Å². The average Bonchev–Trinajstić information content (AvgIpc) is 2.40. The molecule has 3 nitrogen and oxygen atoms in total. The molecule has 0 spiro atoms. The minimum absolute atomic E-state index is 0.0893. The van der Waals surface area contributed by atoms with Gasteiger partial charge in [-0.3, -0.25) is 0 Å². The lowest BCUT2D eigenvalue weighted by molar-refractivity contribution is 0.0472. The summed E-state index contributed by atoms with van der Waals surface area (Å²) in [6.45, 7) is 5.11. The molecule has 1 N–H and O–H groups in total. The number of nitrogens with one attached hydrogen (secondary N) is 1. The molecule has 3 heteroatoms. The van der Waals surface area contributed by atoms with Gasteiger partial charge in [0.15, 0.2) is 11.5 Å². The van der Waals surface area contributed by atoms with Crippen molar-refractivity contribution in [2.75, 3.05) is 13.7 Å². The number of benzene rings is 1. The van der Waals surface area contributed by atoms with E-state index in [2.05, 4.69) is 19.2 Å². The predicted octanol–water partition coefficient (Wildman–Crippen LogP) is 2.85. The van der Waals surface area contributed by atoms with Crippen molar-refractivity contribution in [3.8, 4) is 11.5 Å². The first-order chi connectivity index (χ1) is 8.76. The maximum absolute atomic E-state index is 6.06. The summed E-state index contributed by atoms with van der Waals surface area (Å²) in [5, 5.41) is 3.38. The molecule has 0 aliphatic carbocycles. The molecular weight excluding hydrogens is 226 g/mol. The van der Waals surface area contributed by atoms with E-state index >= 15 is 0 Å². The van der Waals surface area contributed by atoms with Crippen molar-refractivity contribution < 1.29 is 9.47 Å². The number of hydrogen-bond acceptors (Lipinski definition) is 3. The van der Waals surface area contributed by atoms with Gasteiger partial charge in [0, 0.05) is 6.04 Å². The van der Waals surface area contributed by atoms with E-state index in [1.54, 1.807) is 0 Å². The Kier molecular flexibility index (Phi) is 4.48. The molecule has 0 amide bonds. The molecule has 0 fully saturated rings. The largest absolute Gasteiger partial charge is 0.486 e. The molecule has 18 heavy (non-hydrogen) atoms. The monoisotopic (exact) mass is 249 g/mol. The molecule has 1 aliphatic rings.